The Kier molecular flexibility index (Phi) is 4.81. The Bertz CT molecular complexity index is 450. The molecule has 4 nitrogen and oxygen atoms in total. The van der Waals surface area contributed by atoms with Crippen LogP contribution in [0.5, 0.6) is 0 Å². The molecule has 0 saturated carbocycles. The number of hydrogen-bond acceptors (Lipinski definition) is 3. The van der Waals surface area contributed by atoms with Crippen molar-refractivity contribution in [3.05, 3.63) is 59.6 Å². The quantitative estimate of drug-likeness (QED) is 0.674. The van der Waals surface area contributed by atoms with Crippen molar-refractivity contribution >= 4 is 5.91 Å². The highest BCUT2D eigenvalue weighted by molar-refractivity contribution is 5.80. The Labute approximate surface area is 101 Å². The zero-order chi connectivity index (χ0) is 12.7. The molecule has 0 fully saturated rings. The fraction of sp³-hybridized carbons (Fsp3) is 0.154. The zero-order valence-electron chi connectivity index (χ0n) is 9.81. The van der Waals surface area contributed by atoms with Crippen LogP contribution in [0, 0.1) is 6.92 Å². The first-order chi connectivity index (χ1) is 8.11. The molecule has 1 rings (SSSR count). The van der Waals surface area contributed by atoms with Gasteiger partial charge in [-0.05, 0) is 30.8 Å². The van der Waals surface area contributed by atoms with E-state index in [1.54, 1.807) is 6.08 Å². The van der Waals surface area contributed by atoms with Crippen LogP contribution in [0.3, 0.4) is 0 Å². The maximum Gasteiger partial charge on any atom is 0.229 e. The molecule has 1 amide bonds. The van der Waals surface area contributed by atoms with E-state index < -0.39 is 0 Å². The lowest BCUT2D eigenvalue weighted by Crippen LogP contribution is -2.28. The molecule has 0 unspecified atom stereocenters. The molecule has 0 spiro atoms. The van der Waals surface area contributed by atoms with E-state index in [1.807, 2.05) is 31.2 Å². The lowest BCUT2D eigenvalue weighted by molar-refractivity contribution is -0.119. The van der Waals surface area contributed by atoms with E-state index in [0.29, 0.717) is 6.42 Å². The van der Waals surface area contributed by atoms with Crippen LogP contribution in [-0.4, -0.2) is 5.91 Å². The molecular formula is C13H17N3O. The first-order valence-corrected chi connectivity index (χ1v) is 5.31. The summed E-state index contributed by atoms with van der Waals surface area (Å²) >= 11 is 0. The van der Waals surface area contributed by atoms with E-state index >= 15 is 0 Å². The van der Waals surface area contributed by atoms with Gasteiger partial charge in [0.2, 0.25) is 5.91 Å². The topological polar surface area (TPSA) is 81.1 Å². The lowest BCUT2D eigenvalue weighted by atomic mass is 10.1. The van der Waals surface area contributed by atoms with Gasteiger partial charge in [-0.3, -0.25) is 4.79 Å². The number of hydrogen-bond donors (Lipinski definition) is 3. The van der Waals surface area contributed by atoms with Gasteiger partial charge in [-0.15, -0.1) is 0 Å². The monoisotopic (exact) mass is 231 g/mol. The van der Waals surface area contributed by atoms with E-state index in [-0.39, 0.29) is 11.7 Å². The minimum atomic E-state index is -0.144. The molecule has 0 aliphatic heterocycles. The van der Waals surface area contributed by atoms with Gasteiger partial charge in [0.25, 0.3) is 0 Å². The maximum atomic E-state index is 11.6. The largest absolute Gasteiger partial charge is 0.405 e. The molecule has 4 heteroatoms. The highest BCUT2D eigenvalue weighted by Crippen LogP contribution is 2.04. The predicted octanol–water partition coefficient (Wildman–Crippen LogP) is 0.926. The third kappa shape index (κ3) is 4.88. The van der Waals surface area contributed by atoms with E-state index in [1.165, 1.54) is 12.3 Å². The Hall–Kier alpha value is -2.23. The number of aryl methyl sites for hydroxylation is 1. The van der Waals surface area contributed by atoms with Crippen LogP contribution >= 0.6 is 0 Å². The van der Waals surface area contributed by atoms with Crippen molar-refractivity contribution in [3.63, 3.8) is 0 Å². The summed E-state index contributed by atoms with van der Waals surface area (Å²) in [4.78, 5) is 11.6. The third-order valence-corrected chi connectivity index (χ3v) is 2.12. The van der Waals surface area contributed by atoms with Crippen LogP contribution in [0.1, 0.15) is 11.1 Å². The second-order valence-electron chi connectivity index (χ2n) is 3.72. The summed E-state index contributed by atoms with van der Waals surface area (Å²) in [5.74, 6) is 0.138. The van der Waals surface area contributed by atoms with Crippen LogP contribution in [0.15, 0.2) is 48.4 Å². The van der Waals surface area contributed by atoms with E-state index in [4.69, 9.17) is 11.5 Å². The lowest BCUT2D eigenvalue weighted by Gasteiger charge is -2.05. The van der Waals surface area contributed by atoms with Crippen LogP contribution < -0.4 is 16.8 Å². The van der Waals surface area contributed by atoms with E-state index in [2.05, 4.69) is 5.32 Å². The van der Waals surface area contributed by atoms with Crippen LogP contribution in [0.4, 0.5) is 0 Å². The van der Waals surface area contributed by atoms with Gasteiger partial charge in [-0.1, -0.05) is 29.8 Å². The Morgan fingerprint density at radius 1 is 1.47 bits per heavy atom. The second kappa shape index (κ2) is 6.37. The molecule has 0 aromatic heterocycles. The number of carbonyl (C=O) groups excluding carboxylic acids is 1. The number of rotatable bonds is 4. The molecule has 5 N–H and O–H groups in total. The number of nitrogens with one attached hydrogen (secondary N) is 1. The van der Waals surface area contributed by atoms with Crippen LogP contribution in [0.25, 0.3) is 0 Å². The number of nitrogens with two attached hydrogens (primary N) is 2. The molecule has 1 aromatic carbocycles. The summed E-state index contributed by atoms with van der Waals surface area (Å²) in [7, 11) is 0. The van der Waals surface area contributed by atoms with Crippen molar-refractivity contribution in [2.45, 2.75) is 13.3 Å². The van der Waals surface area contributed by atoms with Gasteiger partial charge in [0.1, 0.15) is 5.82 Å². The highest BCUT2D eigenvalue weighted by atomic mass is 16.1. The second-order valence-corrected chi connectivity index (χ2v) is 3.72. The standard InChI is InChI=1S/C13H17N3O/c1-10-4-2-5-11(8-10)9-13(17)16-12(15)6-3-7-14/h2-8H,9,14-15H2,1H3,(H,16,17)/b7-3-,12-6+. The zero-order valence-corrected chi connectivity index (χ0v) is 9.81. The number of amides is 1. The van der Waals surface area contributed by atoms with Gasteiger partial charge < -0.3 is 16.8 Å². The summed E-state index contributed by atoms with van der Waals surface area (Å²) in [6.07, 6.45) is 4.75. The Morgan fingerprint density at radius 3 is 2.88 bits per heavy atom. The van der Waals surface area contributed by atoms with Crippen LogP contribution in [0.2, 0.25) is 0 Å². The maximum absolute atomic E-state index is 11.6. The molecule has 0 aliphatic rings. The highest BCUT2D eigenvalue weighted by Gasteiger charge is 2.03. The summed E-state index contributed by atoms with van der Waals surface area (Å²) in [5, 5.41) is 2.58. The van der Waals surface area contributed by atoms with Crippen molar-refractivity contribution in [2.75, 3.05) is 0 Å². The van der Waals surface area contributed by atoms with Crippen LogP contribution in [-0.2, 0) is 11.2 Å². The molecule has 0 radical (unpaired) electrons. The molecular weight excluding hydrogens is 214 g/mol. The van der Waals surface area contributed by atoms with E-state index in [0.717, 1.165) is 11.1 Å². The van der Waals surface area contributed by atoms with Crippen molar-refractivity contribution in [1.29, 1.82) is 0 Å². The summed E-state index contributed by atoms with van der Waals surface area (Å²) in [6.45, 7) is 1.99. The fourth-order valence-electron chi connectivity index (χ4n) is 1.41. The Morgan fingerprint density at radius 2 is 2.24 bits per heavy atom. The van der Waals surface area contributed by atoms with Gasteiger partial charge in [-0.2, -0.15) is 0 Å². The molecule has 0 aliphatic carbocycles. The summed E-state index contributed by atoms with van der Waals surface area (Å²) in [5.41, 5.74) is 12.8. The molecule has 0 bridgehead atoms. The predicted molar refractivity (Wildman–Crippen MR) is 68.6 cm³/mol. The molecule has 0 saturated heterocycles. The number of carbonyl (C=O) groups is 1. The smallest absolute Gasteiger partial charge is 0.229 e. The minimum Gasteiger partial charge on any atom is -0.405 e. The average molecular weight is 231 g/mol. The number of allylic oxidation sites excluding steroid dienone is 2. The Balaban J connectivity index is 2.56. The molecule has 0 heterocycles. The normalized spacial score (nSPS) is 11.7. The molecule has 17 heavy (non-hydrogen) atoms. The van der Waals surface area contributed by atoms with Gasteiger partial charge in [0.05, 0.1) is 6.42 Å². The van der Waals surface area contributed by atoms with Gasteiger partial charge >= 0.3 is 0 Å². The van der Waals surface area contributed by atoms with Crippen molar-refractivity contribution in [1.82, 2.24) is 5.32 Å². The first kappa shape index (κ1) is 12.8. The van der Waals surface area contributed by atoms with Gasteiger partial charge in [-0.25, -0.2) is 0 Å². The van der Waals surface area contributed by atoms with Gasteiger partial charge in [0.15, 0.2) is 0 Å². The minimum absolute atomic E-state index is 0.144. The van der Waals surface area contributed by atoms with Crippen molar-refractivity contribution in [3.8, 4) is 0 Å². The average Bonchev–Trinajstić information content (AvgIpc) is 2.26. The fourth-order valence-corrected chi connectivity index (χ4v) is 1.41. The number of benzene rings is 1. The van der Waals surface area contributed by atoms with Crippen molar-refractivity contribution in [2.24, 2.45) is 11.5 Å². The SMILES string of the molecule is Cc1cccc(CC(=O)N/C(N)=C/C=C\N)c1. The molecule has 0 atom stereocenters. The third-order valence-electron chi connectivity index (χ3n) is 2.12. The first-order valence-electron chi connectivity index (χ1n) is 5.31. The molecule has 1 aromatic rings. The van der Waals surface area contributed by atoms with Gasteiger partial charge in [0, 0.05) is 0 Å². The van der Waals surface area contributed by atoms with E-state index in [9.17, 15) is 4.79 Å². The molecule has 90 valence electrons. The van der Waals surface area contributed by atoms with Crippen molar-refractivity contribution < 1.29 is 4.79 Å². The summed E-state index contributed by atoms with van der Waals surface area (Å²) in [6, 6.07) is 7.79. The summed E-state index contributed by atoms with van der Waals surface area (Å²) < 4.78 is 0.